The molecule has 4 aromatic rings. The molecule has 0 saturated heterocycles. The Hall–Kier alpha value is -3.43. The molecule has 0 aliphatic heterocycles. The molecule has 0 amide bonds. The van der Waals surface area contributed by atoms with Gasteiger partial charge < -0.3 is 4.74 Å². The van der Waals surface area contributed by atoms with Crippen molar-refractivity contribution >= 4 is 27.6 Å². The van der Waals surface area contributed by atoms with Crippen molar-refractivity contribution in [3.8, 4) is 22.0 Å². The smallest absolute Gasteiger partial charge is 0.276 e. The molecule has 4 rings (SSSR count). The summed E-state index contributed by atoms with van der Waals surface area (Å²) < 4.78 is 32.2. The molecule has 158 valence electrons. The molecule has 0 bridgehead atoms. The van der Waals surface area contributed by atoms with E-state index in [1.54, 1.807) is 28.2 Å². The fourth-order valence-electron chi connectivity index (χ4n) is 2.90. The molecule has 2 aromatic carbocycles. The zero-order valence-corrected chi connectivity index (χ0v) is 18.3. The molecule has 2 heterocycles. The molecule has 0 atom stereocenters. The lowest BCUT2D eigenvalue weighted by atomic mass is 10.2. The van der Waals surface area contributed by atoms with E-state index in [9.17, 15) is 8.42 Å². The minimum Gasteiger partial charge on any atom is -0.494 e. The fourth-order valence-corrected chi connectivity index (χ4v) is 4.42. The maximum Gasteiger partial charge on any atom is 0.276 e. The van der Waals surface area contributed by atoms with Gasteiger partial charge in [-0.05, 0) is 54.8 Å². The van der Waals surface area contributed by atoms with Gasteiger partial charge in [0.25, 0.3) is 10.0 Å². The number of aromatic nitrogens is 2. The van der Waals surface area contributed by atoms with Crippen LogP contribution in [-0.2, 0) is 10.0 Å². The molecule has 0 fully saturated rings. The summed E-state index contributed by atoms with van der Waals surface area (Å²) in [7, 11) is -3.80. The van der Waals surface area contributed by atoms with Crippen LogP contribution in [0.1, 0.15) is 12.5 Å². The summed E-state index contributed by atoms with van der Waals surface area (Å²) in [6, 6.07) is 19.8. The first-order valence-electron chi connectivity index (χ1n) is 9.53. The number of para-hydroxylation sites is 1. The first-order chi connectivity index (χ1) is 15.1. The number of thiophene rings is 1. The van der Waals surface area contributed by atoms with Gasteiger partial charge in [-0.25, -0.2) is 9.51 Å². The summed E-state index contributed by atoms with van der Waals surface area (Å²) >= 11 is 1.55. The van der Waals surface area contributed by atoms with Crippen molar-refractivity contribution in [3.63, 3.8) is 0 Å². The Bertz CT molecular complexity index is 1260. The molecule has 7 nitrogen and oxygen atoms in total. The number of sulfonamides is 1. The Morgan fingerprint density at radius 2 is 1.87 bits per heavy atom. The number of hydrogen-bond donors (Lipinski definition) is 1. The summed E-state index contributed by atoms with van der Waals surface area (Å²) in [6.45, 7) is 2.38. The maximum atomic E-state index is 12.5. The van der Waals surface area contributed by atoms with Crippen molar-refractivity contribution in [2.45, 2.75) is 11.8 Å². The molecule has 0 aliphatic rings. The Morgan fingerprint density at radius 1 is 1.10 bits per heavy atom. The fraction of sp³-hybridized carbons (Fsp3) is 0.0909. The van der Waals surface area contributed by atoms with E-state index in [0.29, 0.717) is 17.9 Å². The van der Waals surface area contributed by atoms with Gasteiger partial charge in [-0.15, -0.1) is 11.3 Å². The lowest BCUT2D eigenvalue weighted by Gasteiger charge is -2.05. The van der Waals surface area contributed by atoms with E-state index in [4.69, 9.17) is 4.74 Å². The second-order valence-electron chi connectivity index (χ2n) is 6.45. The molecule has 0 spiro atoms. The molecular formula is C22H20N4O3S2. The normalized spacial score (nSPS) is 11.6. The van der Waals surface area contributed by atoms with E-state index >= 15 is 0 Å². The number of nitrogens with one attached hydrogen (secondary N) is 1. The van der Waals surface area contributed by atoms with Gasteiger partial charge in [0.05, 0.1) is 28.3 Å². The summed E-state index contributed by atoms with van der Waals surface area (Å²) in [5.41, 5.74) is 2.32. The highest BCUT2D eigenvalue weighted by molar-refractivity contribution is 7.89. The average Bonchev–Trinajstić information content (AvgIpc) is 3.45. The van der Waals surface area contributed by atoms with Gasteiger partial charge in [-0.2, -0.15) is 18.6 Å². The predicted octanol–water partition coefficient (Wildman–Crippen LogP) is 4.31. The molecule has 0 radical (unpaired) electrons. The van der Waals surface area contributed by atoms with Crippen LogP contribution in [-0.4, -0.2) is 31.0 Å². The molecule has 1 N–H and O–H groups in total. The Labute approximate surface area is 184 Å². The van der Waals surface area contributed by atoms with Gasteiger partial charge in [0.15, 0.2) is 0 Å². The van der Waals surface area contributed by atoms with E-state index < -0.39 is 10.0 Å². The van der Waals surface area contributed by atoms with Crippen LogP contribution in [0, 0.1) is 0 Å². The molecule has 0 saturated carbocycles. The third-order valence-electron chi connectivity index (χ3n) is 4.34. The van der Waals surface area contributed by atoms with E-state index in [1.165, 1.54) is 18.3 Å². The molecule has 0 unspecified atom stereocenters. The van der Waals surface area contributed by atoms with Crippen LogP contribution in [0.3, 0.4) is 0 Å². The Morgan fingerprint density at radius 3 is 2.55 bits per heavy atom. The van der Waals surface area contributed by atoms with Crippen molar-refractivity contribution < 1.29 is 13.2 Å². The van der Waals surface area contributed by atoms with Gasteiger partial charge in [-0.3, -0.25) is 0 Å². The van der Waals surface area contributed by atoms with Crippen molar-refractivity contribution in [2.75, 3.05) is 6.61 Å². The second kappa shape index (κ2) is 9.15. The molecule has 31 heavy (non-hydrogen) atoms. The number of ether oxygens (including phenoxy) is 1. The zero-order chi connectivity index (χ0) is 21.7. The largest absolute Gasteiger partial charge is 0.494 e. The van der Waals surface area contributed by atoms with Gasteiger partial charge in [0, 0.05) is 11.8 Å². The summed E-state index contributed by atoms with van der Waals surface area (Å²) in [5.74, 6) is 0.610. The number of hydrazone groups is 1. The molecule has 9 heteroatoms. The predicted molar refractivity (Wildman–Crippen MR) is 122 cm³/mol. The number of hydrogen-bond acceptors (Lipinski definition) is 6. The third kappa shape index (κ3) is 4.84. The SMILES string of the molecule is CCOc1ccc(S(=O)(=O)N/N=C\c2cn(-c3ccccc3)nc2-c2cccs2)cc1. The number of benzene rings is 2. The van der Waals surface area contributed by atoms with Crippen LogP contribution in [0.25, 0.3) is 16.3 Å². The van der Waals surface area contributed by atoms with Crippen LogP contribution in [0.5, 0.6) is 5.75 Å². The van der Waals surface area contributed by atoms with Gasteiger partial charge in [0.1, 0.15) is 11.4 Å². The first-order valence-corrected chi connectivity index (χ1v) is 11.9. The minimum atomic E-state index is -3.80. The lowest BCUT2D eigenvalue weighted by molar-refractivity contribution is 0.340. The number of nitrogens with zero attached hydrogens (tertiary/aromatic N) is 3. The van der Waals surface area contributed by atoms with Crippen LogP contribution in [0.2, 0.25) is 0 Å². The van der Waals surface area contributed by atoms with Gasteiger partial charge in [0.2, 0.25) is 0 Å². The third-order valence-corrected chi connectivity index (χ3v) is 6.45. The first kappa shape index (κ1) is 20.8. The summed E-state index contributed by atoms with van der Waals surface area (Å²) in [6.07, 6.45) is 3.28. The van der Waals surface area contributed by atoms with E-state index in [0.717, 1.165) is 16.3 Å². The number of rotatable bonds is 8. The minimum absolute atomic E-state index is 0.103. The maximum absolute atomic E-state index is 12.5. The van der Waals surface area contributed by atoms with Crippen molar-refractivity contribution in [2.24, 2.45) is 5.10 Å². The molecule has 0 aliphatic carbocycles. The van der Waals surface area contributed by atoms with Crippen molar-refractivity contribution in [3.05, 3.63) is 83.9 Å². The monoisotopic (exact) mass is 452 g/mol. The second-order valence-corrected chi connectivity index (χ2v) is 9.06. The van der Waals surface area contributed by atoms with Crippen LogP contribution >= 0.6 is 11.3 Å². The van der Waals surface area contributed by atoms with Crippen LogP contribution in [0.4, 0.5) is 0 Å². The molecular weight excluding hydrogens is 432 g/mol. The Kier molecular flexibility index (Phi) is 6.15. The van der Waals surface area contributed by atoms with Gasteiger partial charge >= 0.3 is 0 Å². The van der Waals surface area contributed by atoms with Gasteiger partial charge in [-0.1, -0.05) is 24.3 Å². The molecule has 2 aromatic heterocycles. The van der Waals surface area contributed by atoms with Crippen molar-refractivity contribution in [1.82, 2.24) is 14.6 Å². The van der Waals surface area contributed by atoms with E-state index in [-0.39, 0.29) is 4.90 Å². The highest BCUT2D eigenvalue weighted by Gasteiger charge is 2.14. The van der Waals surface area contributed by atoms with E-state index in [1.807, 2.05) is 61.0 Å². The quantitative estimate of drug-likeness (QED) is 0.319. The zero-order valence-electron chi connectivity index (χ0n) is 16.7. The van der Waals surface area contributed by atoms with E-state index in [2.05, 4.69) is 15.0 Å². The summed E-state index contributed by atoms with van der Waals surface area (Å²) in [5, 5.41) is 10.6. The lowest BCUT2D eigenvalue weighted by Crippen LogP contribution is -2.18. The average molecular weight is 453 g/mol. The topological polar surface area (TPSA) is 85.6 Å². The summed E-state index contributed by atoms with van der Waals surface area (Å²) in [4.78, 5) is 3.33. The van der Waals surface area contributed by atoms with Crippen LogP contribution in [0.15, 0.2) is 88.3 Å². The standard InChI is InChI=1S/C22H20N4O3S2/c1-2-29-19-10-12-20(13-11-19)31(27,28)25-23-15-17-16-26(18-7-4-3-5-8-18)24-22(17)21-9-6-14-30-21/h3-16,25H,2H2,1H3/b23-15-. The Balaban J connectivity index is 1.58. The highest BCUT2D eigenvalue weighted by Crippen LogP contribution is 2.27. The van der Waals surface area contributed by atoms with Crippen molar-refractivity contribution in [1.29, 1.82) is 0 Å². The van der Waals surface area contributed by atoms with Crippen LogP contribution < -0.4 is 9.57 Å². The highest BCUT2D eigenvalue weighted by atomic mass is 32.2.